The zero-order valence-electron chi connectivity index (χ0n) is 40.0. The molecule has 364 valence electrons. The van der Waals surface area contributed by atoms with Crippen molar-refractivity contribution in [2.24, 2.45) is 11.8 Å². The number of methoxy groups -OCH3 is 2. The van der Waals surface area contributed by atoms with E-state index >= 15 is 0 Å². The Morgan fingerprint density at radius 2 is 0.857 bits per heavy atom. The number of hydrogen-bond acceptors (Lipinski definition) is 10. The summed E-state index contributed by atoms with van der Waals surface area (Å²) in [6.07, 6.45) is 0.953. The van der Waals surface area contributed by atoms with Crippen molar-refractivity contribution in [1.82, 2.24) is 9.80 Å². The van der Waals surface area contributed by atoms with Crippen LogP contribution in [0.3, 0.4) is 0 Å². The van der Waals surface area contributed by atoms with Gasteiger partial charge in [0, 0.05) is 38.5 Å². The lowest BCUT2D eigenvalue weighted by molar-refractivity contribution is -0.151. The predicted octanol–water partition coefficient (Wildman–Crippen LogP) is 8.83. The Morgan fingerprint density at radius 3 is 1.20 bits per heavy atom. The molecule has 4 atom stereocenters. The van der Waals surface area contributed by atoms with Crippen LogP contribution in [0.5, 0.6) is 0 Å². The molecule has 12 heteroatoms. The highest BCUT2D eigenvalue weighted by atomic mass is 16.5. The van der Waals surface area contributed by atoms with Crippen molar-refractivity contribution in [3.8, 4) is 0 Å². The summed E-state index contributed by atoms with van der Waals surface area (Å²) < 4.78 is 20.9. The molecule has 0 aromatic heterocycles. The van der Waals surface area contributed by atoms with Gasteiger partial charge < -0.3 is 33.9 Å². The van der Waals surface area contributed by atoms with E-state index in [0.717, 1.165) is 33.4 Å². The van der Waals surface area contributed by atoms with Crippen molar-refractivity contribution in [2.75, 3.05) is 40.5 Å². The first-order valence-electron chi connectivity index (χ1n) is 23.5. The van der Waals surface area contributed by atoms with E-state index in [2.05, 4.69) is 0 Å². The quantitative estimate of drug-likeness (QED) is 0.0584. The van der Waals surface area contributed by atoms with Gasteiger partial charge in [0.2, 0.25) is 11.8 Å². The third-order valence-corrected chi connectivity index (χ3v) is 12.3. The minimum atomic E-state index is -0.653. The molecule has 6 aromatic carbocycles. The lowest BCUT2D eigenvalue weighted by atomic mass is 9.90. The van der Waals surface area contributed by atoms with Crippen molar-refractivity contribution >= 4 is 29.7 Å². The number of ether oxygens (including phenoxy) is 4. The van der Waals surface area contributed by atoms with Crippen LogP contribution < -0.4 is 0 Å². The number of aliphatic hydroxyl groups is 1. The van der Waals surface area contributed by atoms with E-state index in [1.807, 2.05) is 182 Å². The van der Waals surface area contributed by atoms with Crippen LogP contribution in [0, 0.1) is 17.2 Å². The van der Waals surface area contributed by atoms with Gasteiger partial charge in [0.25, 0.3) is 0 Å². The lowest BCUT2D eigenvalue weighted by Gasteiger charge is -2.28. The van der Waals surface area contributed by atoms with Gasteiger partial charge in [-0.1, -0.05) is 182 Å². The molecule has 2 N–H and O–H groups in total. The maximum Gasteiger partial charge on any atom is 0.328 e. The van der Waals surface area contributed by atoms with Crippen LogP contribution in [0.2, 0.25) is 0 Å². The maximum atomic E-state index is 13.9. The zero-order chi connectivity index (χ0) is 49.7. The van der Waals surface area contributed by atoms with E-state index in [0.29, 0.717) is 45.8 Å². The van der Waals surface area contributed by atoms with E-state index < -0.39 is 29.9 Å². The standard InChI is InChI=1S/C28H29NO4.C21H23NO4.C9H11NO/c1-32-28(31)25-17-22(20-33-19-21-11-5-2-6-12-21)18-29(25)27(30)26(23-13-7-3-8-14-23)24-15-9-4-10-16-24;1-26-21(25)18-12-15(14-23)13-22(18)20(24)19(16-8-4-2-5-9-16)17-10-6-3-7-11-17;1-8(10)11-7-9-5-3-2-4-6-9/h2-16,22,25-26H,17-20H2,1H3;2-11,15,18-19,23H,12-14H2,1H3;2-6,10H,7H2,1H3/t22-,25-;15-,18-;/m00./s1. The molecule has 0 radical (unpaired) electrons. The van der Waals surface area contributed by atoms with Crippen LogP contribution in [-0.2, 0) is 51.3 Å². The van der Waals surface area contributed by atoms with Crippen LogP contribution >= 0.6 is 0 Å². The molecule has 2 saturated heterocycles. The molecule has 0 spiro atoms. The first kappa shape index (κ1) is 52.0. The van der Waals surface area contributed by atoms with Gasteiger partial charge in [-0.15, -0.1) is 0 Å². The Balaban J connectivity index is 0.000000192. The second-order valence-corrected chi connectivity index (χ2v) is 17.3. The van der Waals surface area contributed by atoms with Crippen LogP contribution in [0.25, 0.3) is 0 Å². The average Bonchev–Trinajstić information content (AvgIpc) is 4.06. The van der Waals surface area contributed by atoms with Crippen LogP contribution in [0.1, 0.15) is 65.0 Å². The first-order valence-corrected chi connectivity index (χ1v) is 23.5. The molecule has 0 bridgehead atoms. The summed E-state index contributed by atoms with van der Waals surface area (Å²) in [4.78, 5) is 55.4. The number of nitrogens with one attached hydrogen (secondary N) is 1. The molecule has 0 aliphatic carbocycles. The zero-order valence-corrected chi connectivity index (χ0v) is 40.0. The summed E-state index contributed by atoms with van der Waals surface area (Å²) >= 11 is 0. The number of hydrogen-bond donors (Lipinski definition) is 2. The minimum absolute atomic E-state index is 0.0569. The van der Waals surface area contributed by atoms with Gasteiger partial charge in [0.15, 0.2) is 5.90 Å². The number of carbonyl (C=O) groups excluding carboxylic acids is 4. The number of rotatable bonds is 15. The van der Waals surface area contributed by atoms with E-state index in [9.17, 15) is 24.3 Å². The van der Waals surface area contributed by atoms with Gasteiger partial charge in [-0.25, -0.2) is 9.59 Å². The number of carbonyl (C=O) groups is 4. The smallest absolute Gasteiger partial charge is 0.328 e. The molecule has 70 heavy (non-hydrogen) atoms. The molecular weight excluding hydrogens is 883 g/mol. The van der Waals surface area contributed by atoms with Crippen molar-refractivity contribution in [2.45, 2.75) is 56.9 Å². The van der Waals surface area contributed by atoms with Gasteiger partial charge in [0.1, 0.15) is 18.7 Å². The van der Waals surface area contributed by atoms with Gasteiger partial charge >= 0.3 is 11.9 Å². The van der Waals surface area contributed by atoms with E-state index in [1.165, 1.54) is 14.2 Å². The number of benzene rings is 6. The van der Waals surface area contributed by atoms with Crippen LogP contribution in [-0.4, -0.2) is 97.2 Å². The van der Waals surface area contributed by atoms with Gasteiger partial charge in [-0.05, 0) is 46.2 Å². The SMILES string of the molecule is CC(=N)OCc1ccccc1.COC(=O)[C@@H]1C[C@H](CO)CN1C(=O)C(c1ccccc1)c1ccccc1.COC(=O)[C@@H]1C[C@H](COCc2ccccc2)CN1C(=O)C(c1ccccc1)c1ccccc1. The minimum Gasteiger partial charge on any atom is -0.477 e. The predicted molar refractivity (Wildman–Crippen MR) is 269 cm³/mol. The van der Waals surface area contributed by atoms with E-state index in [1.54, 1.807) is 16.7 Å². The first-order chi connectivity index (χ1) is 34.1. The average molecular weight is 946 g/mol. The molecule has 2 fully saturated rings. The number of aliphatic hydroxyl groups excluding tert-OH is 1. The van der Waals surface area contributed by atoms with Gasteiger partial charge in [-0.2, -0.15) is 0 Å². The molecule has 12 nitrogen and oxygen atoms in total. The molecule has 2 aliphatic rings. The molecule has 6 aromatic rings. The van der Waals surface area contributed by atoms with Crippen LogP contribution in [0.4, 0.5) is 0 Å². The second-order valence-electron chi connectivity index (χ2n) is 17.3. The molecule has 0 saturated carbocycles. The van der Waals surface area contributed by atoms with Gasteiger partial charge in [-0.3, -0.25) is 15.0 Å². The number of likely N-dealkylation sites (tertiary alicyclic amines) is 2. The fourth-order valence-corrected chi connectivity index (χ4v) is 8.86. The molecule has 2 amide bonds. The maximum absolute atomic E-state index is 13.9. The van der Waals surface area contributed by atoms with Crippen molar-refractivity contribution < 1.29 is 43.2 Å². The van der Waals surface area contributed by atoms with Crippen molar-refractivity contribution in [3.05, 3.63) is 215 Å². The summed E-state index contributed by atoms with van der Waals surface area (Å²) in [5.41, 5.74) is 5.75. The number of amides is 2. The number of esters is 2. The molecule has 8 rings (SSSR count). The summed E-state index contributed by atoms with van der Waals surface area (Å²) in [6, 6.07) is 57.0. The lowest BCUT2D eigenvalue weighted by Crippen LogP contribution is -2.43. The molecule has 2 aliphatic heterocycles. The third-order valence-electron chi connectivity index (χ3n) is 12.3. The normalized spacial score (nSPS) is 17.1. The Morgan fingerprint density at radius 1 is 0.529 bits per heavy atom. The Hall–Kier alpha value is -7.41. The Bertz CT molecular complexity index is 2460. The fraction of sp³-hybridized carbons (Fsp3) is 0.293. The molecular formula is C58H63N3O9. The van der Waals surface area contributed by atoms with Crippen molar-refractivity contribution in [1.29, 1.82) is 5.41 Å². The fourth-order valence-electron chi connectivity index (χ4n) is 8.86. The molecule has 0 unspecified atom stereocenters. The topological polar surface area (TPSA) is 156 Å². The van der Waals surface area contributed by atoms with Crippen LogP contribution in [0.15, 0.2) is 182 Å². The van der Waals surface area contributed by atoms with Gasteiger partial charge in [0.05, 0.1) is 39.3 Å². The van der Waals surface area contributed by atoms with E-state index in [4.69, 9.17) is 24.4 Å². The second kappa shape index (κ2) is 27.0. The monoisotopic (exact) mass is 945 g/mol. The summed E-state index contributed by atoms with van der Waals surface area (Å²) in [6.45, 7) is 3.87. The third kappa shape index (κ3) is 14.6. The summed E-state index contributed by atoms with van der Waals surface area (Å²) in [5.74, 6) is -1.83. The summed E-state index contributed by atoms with van der Waals surface area (Å²) in [7, 11) is 2.69. The number of nitrogens with zero attached hydrogens (tertiary/aromatic N) is 2. The summed E-state index contributed by atoms with van der Waals surface area (Å²) in [5, 5.41) is 16.5. The Labute approximate surface area is 411 Å². The highest BCUT2D eigenvalue weighted by molar-refractivity contribution is 5.92. The van der Waals surface area contributed by atoms with E-state index in [-0.39, 0.29) is 42.1 Å². The Kier molecular flexibility index (Phi) is 20.0. The highest BCUT2D eigenvalue weighted by Crippen LogP contribution is 2.34. The van der Waals surface area contributed by atoms with Crippen molar-refractivity contribution in [3.63, 3.8) is 0 Å². The molecule has 2 heterocycles. The highest BCUT2D eigenvalue weighted by Gasteiger charge is 2.44. The largest absolute Gasteiger partial charge is 0.477 e.